The maximum Gasteiger partial charge on any atom is 0.247 e. The van der Waals surface area contributed by atoms with Gasteiger partial charge in [0.25, 0.3) is 0 Å². The highest BCUT2D eigenvalue weighted by atomic mass is 16.3. The predicted molar refractivity (Wildman–Crippen MR) is 133 cm³/mol. The number of aryl methyl sites for hydroxylation is 2. The van der Waals surface area contributed by atoms with Gasteiger partial charge in [-0.15, -0.1) is 0 Å². The molecule has 0 aromatic heterocycles. The van der Waals surface area contributed by atoms with Crippen LogP contribution in [0.2, 0.25) is 0 Å². The van der Waals surface area contributed by atoms with Gasteiger partial charge in [-0.3, -0.25) is 14.4 Å². The highest BCUT2D eigenvalue weighted by Gasteiger charge is 2.56. The number of aliphatic hydroxyl groups excluding tert-OH is 1. The van der Waals surface area contributed by atoms with Crippen LogP contribution in [0.1, 0.15) is 50.2 Å². The van der Waals surface area contributed by atoms with Gasteiger partial charge in [-0.2, -0.15) is 0 Å². The van der Waals surface area contributed by atoms with Crippen molar-refractivity contribution in [3.8, 4) is 0 Å². The second-order valence-electron chi connectivity index (χ2n) is 9.62. The number of likely N-dealkylation sites (tertiary alicyclic amines) is 1. The van der Waals surface area contributed by atoms with Crippen molar-refractivity contribution >= 4 is 23.4 Å². The molecule has 1 aliphatic carbocycles. The van der Waals surface area contributed by atoms with Gasteiger partial charge in [-0.1, -0.05) is 44.1 Å². The van der Waals surface area contributed by atoms with Crippen LogP contribution in [-0.2, 0) is 14.4 Å². The van der Waals surface area contributed by atoms with Crippen LogP contribution < -0.4 is 10.6 Å². The van der Waals surface area contributed by atoms with Crippen molar-refractivity contribution in [2.24, 2.45) is 23.7 Å². The van der Waals surface area contributed by atoms with E-state index in [1.165, 1.54) is 0 Å². The molecule has 3 amide bonds. The number of carbonyl (C=O) groups is 3. The Balaban J connectivity index is 1.92. The molecular weight excluding hydrogens is 430 g/mol. The van der Waals surface area contributed by atoms with Crippen LogP contribution >= 0.6 is 0 Å². The summed E-state index contributed by atoms with van der Waals surface area (Å²) in [5, 5.41) is 14.9. The molecule has 0 unspecified atom stereocenters. The SMILES string of the molecule is CC[C@@H]1C=C[C@H]2[C@@H](C(=O)N(CCCCCCO)[C@@H]2C(=O)Nc2cc(C)ccc2C)[C@@H]1C(=O)NC. The summed E-state index contributed by atoms with van der Waals surface area (Å²) in [4.78, 5) is 42.0. The van der Waals surface area contributed by atoms with Gasteiger partial charge in [-0.25, -0.2) is 0 Å². The average molecular weight is 470 g/mol. The Morgan fingerprint density at radius 2 is 1.79 bits per heavy atom. The molecule has 0 radical (unpaired) electrons. The largest absolute Gasteiger partial charge is 0.396 e. The Morgan fingerprint density at radius 1 is 1.06 bits per heavy atom. The maximum atomic E-state index is 13.7. The molecule has 186 valence electrons. The molecule has 0 saturated carbocycles. The van der Waals surface area contributed by atoms with E-state index in [-0.39, 0.29) is 36.2 Å². The molecule has 7 heteroatoms. The van der Waals surface area contributed by atoms with Gasteiger partial charge in [-0.05, 0) is 56.2 Å². The minimum atomic E-state index is -0.656. The first-order valence-corrected chi connectivity index (χ1v) is 12.5. The van der Waals surface area contributed by atoms with E-state index in [0.717, 1.165) is 48.9 Å². The number of rotatable bonds is 10. The first-order valence-electron chi connectivity index (χ1n) is 12.5. The molecule has 1 aromatic carbocycles. The minimum Gasteiger partial charge on any atom is -0.396 e. The van der Waals surface area contributed by atoms with Gasteiger partial charge < -0.3 is 20.6 Å². The summed E-state index contributed by atoms with van der Waals surface area (Å²) in [5.41, 5.74) is 2.76. The third kappa shape index (κ3) is 5.35. The van der Waals surface area contributed by atoms with Gasteiger partial charge in [0.15, 0.2) is 0 Å². The second kappa shape index (κ2) is 11.6. The summed E-state index contributed by atoms with van der Waals surface area (Å²) in [6, 6.07) is 5.26. The molecule has 1 aromatic rings. The number of allylic oxidation sites excluding steroid dienone is 1. The topological polar surface area (TPSA) is 98.7 Å². The Bertz CT molecular complexity index is 928. The molecule has 1 saturated heterocycles. The van der Waals surface area contributed by atoms with Crippen LogP contribution in [0.4, 0.5) is 5.69 Å². The lowest BCUT2D eigenvalue weighted by Gasteiger charge is -2.33. The van der Waals surface area contributed by atoms with Gasteiger partial charge in [0, 0.05) is 31.8 Å². The van der Waals surface area contributed by atoms with Crippen molar-refractivity contribution in [3.05, 3.63) is 41.5 Å². The van der Waals surface area contributed by atoms with Crippen LogP contribution in [0, 0.1) is 37.5 Å². The van der Waals surface area contributed by atoms with Crippen LogP contribution in [-0.4, -0.2) is 54.0 Å². The highest BCUT2D eigenvalue weighted by molar-refractivity contribution is 6.02. The number of anilines is 1. The van der Waals surface area contributed by atoms with Crippen molar-refractivity contribution in [1.82, 2.24) is 10.2 Å². The number of nitrogens with one attached hydrogen (secondary N) is 2. The zero-order valence-corrected chi connectivity index (χ0v) is 20.8. The summed E-state index contributed by atoms with van der Waals surface area (Å²) in [6.45, 7) is 6.57. The lowest BCUT2D eigenvalue weighted by Crippen LogP contribution is -2.45. The monoisotopic (exact) mass is 469 g/mol. The molecule has 0 bridgehead atoms. The molecule has 2 aliphatic rings. The molecule has 5 atom stereocenters. The normalized spacial score (nSPS) is 25.9. The van der Waals surface area contributed by atoms with Gasteiger partial charge in [0.1, 0.15) is 6.04 Å². The van der Waals surface area contributed by atoms with Crippen LogP contribution in [0.15, 0.2) is 30.4 Å². The standard InChI is InChI=1S/C27H39N3O4/c1-5-19-12-13-20-23(22(19)25(32)28-4)27(34)30(14-8-6-7-9-15-31)24(20)26(33)29-21-16-17(2)10-11-18(21)3/h10-13,16,19-20,22-24,31H,5-9,14-15H2,1-4H3,(H,28,32)(H,29,33)/t19-,20+,22-,23-,24+/m1/s1. The molecule has 1 aliphatic heterocycles. The fourth-order valence-corrected chi connectivity index (χ4v) is 5.48. The van der Waals surface area contributed by atoms with Crippen molar-refractivity contribution in [2.75, 3.05) is 25.5 Å². The number of hydrogen-bond acceptors (Lipinski definition) is 4. The highest BCUT2D eigenvalue weighted by Crippen LogP contribution is 2.45. The number of nitrogens with zero attached hydrogens (tertiary/aromatic N) is 1. The van der Waals surface area contributed by atoms with Gasteiger partial charge in [0.05, 0.1) is 11.8 Å². The van der Waals surface area contributed by atoms with Gasteiger partial charge >= 0.3 is 0 Å². The number of hydrogen-bond donors (Lipinski definition) is 3. The molecule has 34 heavy (non-hydrogen) atoms. The van der Waals surface area contributed by atoms with Crippen molar-refractivity contribution in [1.29, 1.82) is 0 Å². The van der Waals surface area contributed by atoms with E-state index in [0.29, 0.717) is 6.54 Å². The summed E-state index contributed by atoms with van der Waals surface area (Å²) in [7, 11) is 1.60. The Hall–Kier alpha value is -2.67. The Kier molecular flexibility index (Phi) is 8.89. The smallest absolute Gasteiger partial charge is 0.247 e. The van der Waals surface area contributed by atoms with E-state index in [9.17, 15) is 14.4 Å². The number of aliphatic hydroxyl groups is 1. The minimum absolute atomic E-state index is 0.0302. The number of carbonyl (C=O) groups excluding carboxylic acids is 3. The van der Waals surface area contributed by atoms with E-state index in [4.69, 9.17) is 5.11 Å². The van der Waals surface area contributed by atoms with Gasteiger partial charge in [0.2, 0.25) is 17.7 Å². The fourth-order valence-electron chi connectivity index (χ4n) is 5.48. The number of fused-ring (bicyclic) bond motifs is 1. The van der Waals surface area contributed by atoms with Crippen LogP contribution in [0.5, 0.6) is 0 Å². The molecule has 3 N–H and O–H groups in total. The zero-order valence-electron chi connectivity index (χ0n) is 20.8. The lowest BCUT2D eigenvalue weighted by atomic mass is 9.69. The summed E-state index contributed by atoms with van der Waals surface area (Å²) >= 11 is 0. The molecule has 0 spiro atoms. The van der Waals surface area contributed by atoms with E-state index < -0.39 is 17.9 Å². The fraction of sp³-hybridized carbons (Fsp3) is 0.593. The quantitative estimate of drug-likeness (QED) is 0.362. The van der Waals surface area contributed by atoms with E-state index in [2.05, 4.69) is 10.6 Å². The molecule has 1 fully saturated rings. The zero-order chi connectivity index (χ0) is 24.8. The summed E-state index contributed by atoms with van der Waals surface area (Å²) in [5.74, 6) is -1.85. The Labute approximate surface area is 203 Å². The first kappa shape index (κ1) is 25.9. The number of amides is 3. The lowest BCUT2D eigenvalue weighted by molar-refractivity contribution is -0.140. The van der Waals surface area contributed by atoms with Crippen molar-refractivity contribution in [3.63, 3.8) is 0 Å². The predicted octanol–water partition coefficient (Wildman–Crippen LogP) is 3.20. The van der Waals surface area contributed by atoms with E-state index in [1.54, 1.807) is 11.9 Å². The van der Waals surface area contributed by atoms with E-state index in [1.807, 2.05) is 51.1 Å². The molecular formula is C27H39N3O4. The van der Waals surface area contributed by atoms with Crippen LogP contribution in [0.3, 0.4) is 0 Å². The maximum absolute atomic E-state index is 13.7. The van der Waals surface area contributed by atoms with Crippen molar-refractivity contribution < 1.29 is 19.5 Å². The first-order chi connectivity index (χ1) is 16.3. The molecule has 1 heterocycles. The van der Waals surface area contributed by atoms with E-state index >= 15 is 0 Å². The number of unbranched alkanes of at least 4 members (excludes halogenated alkanes) is 3. The summed E-state index contributed by atoms with van der Waals surface area (Å²) < 4.78 is 0. The number of benzene rings is 1. The third-order valence-corrected chi connectivity index (χ3v) is 7.36. The van der Waals surface area contributed by atoms with Crippen molar-refractivity contribution in [2.45, 2.75) is 58.9 Å². The third-order valence-electron chi connectivity index (χ3n) is 7.36. The molecule has 7 nitrogen and oxygen atoms in total. The Morgan fingerprint density at radius 3 is 2.47 bits per heavy atom. The second-order valence-corrected chi connectivity index (χ2v) is 9.62. The summed E-state index contributed by atoms with van der Waals surface area (Å²) in [6.07, 6.45) is 8.01. The molecule has 3 rings (SSSR count). The van der Waals surface area contributed by atoms with Crippen LogP contribution in [0.25, 0.3) is 0 Å². The average Bonchev–Trinajstić information content (AvgIpc) is 3.11.